The van der Waals surface area contributed by atoms with Crippen LogP contribution in [-0.2, 0) is 27.4 Å². The van der Waals surface area contributed by atoms with Gasteiger partial charge in [0, 0.05) is 46.8 Å². The quantitative estimate of drug-likeness (QED) is 0.167. The van der Waals surface area contributed by atoms with Crippen LogP contribution >= 0.6 is 11.8 Å². The van der Waals surface area contributed by atoms with Crippen LogP contribution in [0.4, 0.5) is 10.5 Å². The molecule has 1 saturated heterocycles. The molecule has 48 heavy (non-hydrogen) atoms. The van der Waals surface area contributed by atoms with Crippen LogP contribution in [0.2, 0.25) is 0 Å². The molecule has 3 aromatic rings. The molecule has 0 spiro atoms. The van der Waals surface area contributed by atoms with Crippen molar-refractivity contribution in [1.29, 1.82) is 0 Å². The molecule has 0 aromatic heterocycles. The van der Waals surface area contributed by atoms with Crippen LogP contribution in [0.5, 0.6) is 0 Å². The van der Waals surface area contributed by atoms with E-state index in [0.29, 0.717) is 6.54 Å². The number of urea groups is 1. The topological polar surface area (TPSA) is 109 Å². The number of hydrogen-bond acceptors (Lipinski definition) is 6. The number of aliphatic hydroxyl groups is 1. The summed E-state index contributed by atoms with van der Waals surface area (Å²) in [6, 6.07) is 23.9. The minimum Gasteiger partial charge on any atom is -0.392 e. The van der Waals surface area contributed by atoms with Crippen molar-refractivity contribution in [2.24, 2.45) is 23.7 Å². The molecule has 4 atom stereocenters. The van der Waals surface area contributed by atoms with E-state index in [9.17, 15) is 14.7 Å². The maximum Gasteiger partial charge on any atom is 0.315 e. The Balaban J connectivity index is 0.998. The lowest BCUT2D eigenvalue weighted by Crippen LogP contribution is -2.61. The predicted octanol–water partition coefficient (Wildman–Crippen LogP) is 7.49. The highest BCUT2D eigenvalue weighted by Crippen LogP contribution is 2.55. The molecular formula is C39H47N3O5S. The first kappa shape index (κ1) is 33.1. The smallest absolute Gasteiger partial charge is 0.315 e. The number of carbonyl (C=O) groups is 2. The summed E-state index contributed by atoms with van der Waals surface area (Å²) in [5.74, 6) is 3.08. The molecule has 9 heteroatoms. The van der Waals surface area contributed by atoms with Gasteiger partial charge in [0.05, 0.1) is 18.8 Å². The molecule has 3 amide bonds. The van der Waals surface area contributed by atoms with E-state index in [-0.39, 0.29) is 42.2 Å². The van der Waals surface area contributed by atoms with Crippen LogP contribution in [0.3, 0.4) is 0 Å². The lowest BCUT2D eigenvalue weighted by Gasteiger charge is -2.56. The molecule has 4 N–H and O–H groups in total. The van der Waals surface area contributed by atoms with Crippen molar-refractivity contribution in [2.75, 3.05) is 11.1 Å². The number of anilines is 1. The summed E-state index contributed by atoms with van der Waals surface area (Å²) >= 11 is 1.72. The fourth-order valence-corrected chi connectivity index (χ4v) is 9.92. The highest BCUT2D eigenvalue weighted by Gasteiger charge is 2.51. The molecule has 0 unspecified atom stereocenters. The second-order valence-electron chi connectivity index (χ2n) is 14.6. The molecule has 8 rings (SSSR count). The van der Waals surface area contributed by atoms with Gasteiger partial charge in [0.25, 0.3) is 0 Å². The van der Waals surface area contributed by atoms with Crippen molar-refractivity contribution in [2.45, 2.75) is 94.5 Å². The van der Waals surface area contributed by atoms with E-state index in [1.807, 2.05) is 72.8 Å². The van der Waals surface area contributed by atoms with Crippen LogP contribution in [-0.4, -0.2) is 34.4 Å². The molecule has 1 heterocycles. The minimum absolute atomic E-state index is 0.00177. The minimum atomic E-state index is -0.558. The molecule has 4 aliphatic carbocycles. The lowest BCUT2D eigenvalue weighted by molar-refractivity contribution is -0.268. The van der Waals surface area contributed by atoms with E-state index in [1.54, 1.807) is 11.8 Å². The molecule has 3 aromatic carbocycles. The normalized spacial score (nSPS) is 30.5. The highest BCUT2D eigenvalue weighted by molar-refractivity contribution is 7.99. The van der Waals surface area contributed by atoms with Gasteiger partial charge in [-0.15, -0.1) is 11.8 Å². The van der Waals surface area contributed by atoms with Crippen molar-refractivity contribution in [3.8, 4) is 0 Å². The zero-order chi connectivity index (χ0) is 33.3. The molecule has 0 radical (unpaired) electrons. The average Bonchev–Trinajstić information content (AvgIpc) is 3.07. The first-order valence-corrected chi connectivity index (χ1v) is 18.4. The third kappa shape index (κ3) is 7.59. The Hall–Kier alpha value is -3.37. The Morgan fingerprint density at radius 2 is 1.44 bits per heavy atom. The van der Waals surface area contributed by atoms with E-state index in [1.165, 1.54) is 26.2 Å². The number of carbonyl (C=O) groups excluding carboxylic acids is 2. The van der Waals surface area contributed by atoms with Gasteiger partial charge in [-0.2, -0.15) is 0 Å². The fourth-order valence-electron chi connectivity index (χ4n) is 8.85. The Kier molecular flexibility index (Phi) is 9.83. The van der Waals surface area contributed by atoms with Gasteiger partial charge in [0.1, 0.15) is 0 Å². The summed E-state index contributed by atoms with van der Waals surface area (Å²) in [5, 5.41) is 18.9. The lowest BCUT2D eigenvalue weighted by atomic mass is 9.53. The van der Waals surface area contributed by atoms with Gasteiger partial charge < -0.3 is 30.5 Å². The summed E-state index contributed by atoms with van der Waals surface area (Å²) in [5.41, 5.74) is 4.63. The highest BCUT2D eigenvalue weighted by atomic mass is 32.2. The summed E-state index contributed by atoms with van der Waals surface area (Å²) < 4.78 is 13.3. The number of thioether (sulfide) groups is 1. The van der Waals surface area contributed by atoms with Crippen molar-refractivity contribution in [3.63, 3.8) is 0 Å². The number of hydrogen-bond donors (Lipinski definition) is 4. The summed E-state index contributed by atoms with van der Waals surface area (Å²) in [4.78, 5) is 25.5. The number of benzene rings is 3. The average molecular weight is 670 g/mol. The fraction of sp³-hybridized carbons (Fsp3) is 0.487. The van der Waals surface area contributed by atoms with Gasteiger partial charge in [-0.3, -0.25) is 4.79 Å². The van der Waals surface area contributed by atoms with Gasteiger partial charge in [-0.1, -0.05) is 55.5 Å². The van der Waals surface area contributed by atoms with Crippen LogP contribution in [0.25, 0.3) is 0 Å². The maximum absolute atomic E-state index is 13.0. The van der Waals surface area contributed by atoms with Crippen LogP contribution in [0.15, 0.2) is 77.7 Å². The zero-order valence-corrected chi connectivity index (χ0v) is 28.6. The first-order chi connectivity index (χ1) is 23.2. The molecule has 254 valence electrons. The van der Waals surface area contributed by atoms with E-state index in [0.717, 1.165) is 75.6 Å². The van der Waals surface area contributed by atoms with E-state index < -0.39 is 6.29 Å². The molecule has 4 saturated carbocycles. The Morgan fingerprint density at radius 1 is 0.833 bits per heavy atom. The van der Waals surface area contributed by atoms with Gasteiger partial charge in [-0.25, -0.2) is 4.79 Å². The second kappa shape index (κ2) is 14.2. The standard InChI is InChI=1S/C39H47N3O5S/c1-24-35(23-48-34-13-11-33(12-14-34)41-25(2)44)46-37(47-36(24)31-7-5-27(22-43)6-8-31)32-9-3-26(4-10-32)21-40-38(45)42-39-18-28-15-29(19-39)17-30(16-28)20-39/h3-14,24,28-30,35-37,43H,15-23H2,1-2H3,(H,41,44)(H2,40,42,45)/t24-,28?,29?,30?,35+,36+,37+,39?/m0/s1. The van der Waals surface area contributed by atoms with Crippen molar-refractivity contribution in [1.82, 2.24) is 10.6 Å². The van der Waals surface area contributed by atoms with Gasteiger partial charge >= 0.3 is 6.03 Å². The largest absolute Gasteiger partial charge is 0.392 e. The number of rotatable bonds is 10. The third-order valence-corrected chi connectivity index (χ3v) is 11.9. The third-order valence-electron chi connectivity index (χ3n) is 10.8. The van der Waals surface area contributed by atoms with Crippen LogP contribution < -0.4 is 16.0 Å². The molecule has 5 fully saturated rings. The zero-order valence-electron chi connectivity index (χ0n) is 27.8. The number of ether oxygens (including phenoxy) is 2. The monoisotopic (exact) mass is 669 g/mol. The van der Waals surface area contributed by atoms with E-state index in [2.05, 4.69) is 22.9 Å². The summed E-state index contributed by atoms with van der Waals surface area (Å²) in [7, 11) is 0. The van der Waals surface area contributed by atoms with E-state index in [4.69, 9.17) is 9.47 Å². The van der Waals surface area contributed by atoms with E-state index >= 15 is 0 Å². The summed E-state index contributed by atoms with van der Waals surface area (Å²) in [6.45, 7) is 4.12. The molecule has 8 nitrogen and oxygen atoms in total. The molecule has 4 bridgehead atoms. The Labute approximate surface area is 287 Å². The second-order valence-corrected chi connectivity index (χ2v) is 15.7. The number of aliphatic hydroxyl groups excluding tert-OH is 1. The first-order valence-electron chi connectivity index (χ1n) is 17.4. The van der Waals surface area contributed by atoms with Gasteiger partial charge in [0.2, 0.25) is 5.91 Å². The van der Waals surface area contributed by atoms with Crippen molar-refractivity contribution < 1.29 is 24.2 Å². The Bertz CT molecular complexity index is 1540. The van der Waals surface area contributed by atoms with Gasteiger partial charge in [-0.05, 0) is 97.2 Å². The molecule has 5 aliphatic rings. The number of amides is 3. The van der Waals surface area contributed by atoms with Crippen LogP contribution in [0.1, 0.15) is 87.0 Å². The maximum atomic E-state index is 13.0. The molecule has 1 aliphatic heterocycles. The van der Waals surface area contributed by atoms with Crippen molar-refractivity contribution in [3.05, 3.63) is 95.1 Å². The van der Waals surface area contributed by atoms with Gasteiger partial charge in [0.15, 0.2) is 6.29 Å². The number of nitrogens with one attached hydrogen (secondary N) is 3. The Morgan fingerprint density at radius 3 is 2.04 bits per heavy atom. The van der Waals surface area contributed by atoms with Crippen molar-refractivity contribution >= 4 is 29.4 Å². The van der Waals surface area contributed by atoms with Crippen LogP contribution in [0, 0.1) is 23.7 Å². The predicted molar refractivity (Wildman–Crippen MR) is 187 cm³/mol. The molecular weight excluding hydrogens is 623 g/mol. The SMILES string of the molecule is CC(=O)Nc1ccc(SC[C@H]2O[C@@H](c3ccc(CNC(=O)NC45CC6CC(CC(C6)C4)C5)cc3)O[C@@H](c3ccc(CO)cc3)[C@H]2C)cc1. The summed E-state index contributed by atoms with van der Waals surface area (Å²) in [6.07, 6.45) is 6.63.